The number of carbonyl (C=O) groups is 2. The van der Waals surface area contributed by atoms with Crippen LogP contribution in [0, 0.1) is 11.8 Å². The van der Waals surface area contributed by atoms with Gasteiger partial charge in [-0.05, 0) is 31.6 Å². The first kappa shape index (κ1) is 22.4. The topological polar surface area (TPSA) is 94.8 Å². The zero-order valence-corrected chi connectivity index (χ0v) is 17.0. The second-order valence-electron chi connectivity index (χ2n) is 7.24. The van der Waals surface area contributed by atoms with Crippen LogP contribution in [-0.4, -0.2) is 29.8 Å². The van der Waals surface area contributed by atoms with Crippen molar-refractivity contribution in [1.82, 2.24) is 4.98 Å². The van der Waals surface area contributed by atoms with Crippen molar-refractivity contribution in [3.8, 4) is 0 Å². The van der Waals surface area contributed by atoms with E-state index >= 15 is 0 Å². The van der Waals surface area contributed by atoms with Crippen LogP contribution in [0.15, 0.2) is 54.1 Å². The lowest BCUT2D eigenvalue weighted by atomic mass is 10.1. The lowest BCUT2D eigenvalue weighted by Crippen LogP contribution is -2.29. The van der Waals surface area contributed by atoms with Gasteiger partial charge in [0, 0.05) is 29.3 Å². The number of alkyl halides is 3. The van der Waals surface area contributed by atoms with Crippen LogP contribution >= 0.6 is 0 Å². The summed E-state index contributed by atoms with van der Waals surface area (Å²) < 4.78 is 46.5. The summed E-state index contributed by atoms with van der Waals surface area (Å²) in [7, 11) is 0. The van der Waals surface area contributed by atoms with Crippen molar-refractivity contribution in [3.05, 3.63) is 59.8 Å². The predicted molar refractivity (Wildman–Crippen MR) is 105 cm³/mol. The van der Waals surface area contributed by atoms with Gasteiger partial charge in [-0.15, -0.1) is 13.2 Å². The first-order valence-corrected chi connectivity index (χ1v) is 9.63. The van der Waals surface area contributed by atoms with Crippen molar-refractivity contribution in [2.24, 2.45) is 17.6 Å². The van der Waals surface area contributed by atoms with E-state index in [-0.39, 0.29) is 35.9 Å². The normalized spacial score (nSPS) is 24.0. The van der Waals surface area contributed by atoms with E-state index in [1.165, 1.54) is 11.0 Å². The van der Waals surface area contributed by atoms with Gasteiger partial charge in [-0.1, -0.05) is 19.6 Å². The zero-order valence-electron chi connectivity index (χ0n) is 17.0. The average molecular weight is 437 g/mol. The predicted octanol–water partition coefficient (Wildman–Crippen LogP) is 3.51. The number of hydrogen-bond acceptors (Lipinski definition) is 6. The second-order valence-corrected chi connectivity index (χ2v) is 7.24. The number of hydrogen-bond donors (Lipinski definition) is 1. The number of carbonyl (C=O) groups excluding carboxylic acids is 2. The average Bonchev–Trinajstić information content (AvgIpc) is 3.40. The van der Waals surface area contributed by atoms with Gasteiger partial charge in [0.05, 0.1) is 12.5 Å². The Morgan fingerprint density at radius 3 is 2.71 bits per heavy atom. The van der Waals surface area contributed by atoms with Crippen molar-refractivity contribution in [1.29, 1.82) is 0 Å². The standard InChI is InChI=1S/C21H22F3N3O4/c1-4-30-20(29)14-10-13(14)15-6-5-7-18(26-15)27-16(9-12(3)31-21(22,23)24)11(2)8-17(27)19(25)28/h5-9,11,13-14H,3-4,10H2,1-2H3,(H2,25,28)/b16-9+. The number of aromatic nitrogens is 1. The molecule has 1 aliphatic carbocycles. The van der Waals surface area contributed by atoms with Gasteiger partial charge in [0.25, 0.3) is 5.91 Å². The van der Waals surface area contributed by atoms with E-state index in [2.05, 4.69) is 16.3 Å². The molecule has 1 amide bonds. The maximum Gasteiger partial charge on any atom is 0.573 e. The summed E-state index contributed by atoms with van der Waals surface area (Å²) in [6.45, 7) is 6.98. The quantitative estimate of drug-likeness (QED) is 0.518. The van der Waals surface area contributed by atoms with Crippen LogP contribution < -0.4 is 10.6 Å². The number of nitrogens with two attached hydrogens (primary N) is 1. The van der Waals surface area contributed by atoms with Gasteiger partial charge in [-0.25, -0.2) is 4.98 Å². The van der Waals surface area contributed by atoms with E-state index in [9.17, 15) is 22.8 Å². The summed E-state index contributed by atoms with van der Waals surface area (Å²) in [4.78, 5) is 29.9. The molecule has 1 aromatic heterocycles. The molecule has 3 unspecified atom stereocenters. The molecule has 1 saturated carbocycles. The van der Waals surface area contributed by atoms with E-state index < -0.39 is 23.9 Å². The molecule has 31 heavy (non-hydrogen) atoms. The summed E-state index contributed by atoms with van der Waals surface area (Å²) in [5.74, 6) is -2.28. The molecule has 1 fully saturated rings. The summed E-state index contributed by atoms with van der Waals surface area (Å²) in [6, 6.07) is 5.04. The number of ether oxygens (including phenoxy) is 2. The SMILES string of the molecule is C=C(/C=C1\C(C)C=C(C(N)=O)N1c1cccc(C2CC2C(=O)OCC)n1)OC(F)(F)F. The molecule has 0 aromatic carbocycles. The van der Waals surface area contributed by atoms with Gasteiger partial charge in [0.15, 0.2) is 0 Å². The maximum absolute atomic E-state index is 12.5. The molecule has 0 radical (unpaired) electrons. The lowest BCUT2D eigenvalue weighted by molar-refractivity contribution is -0.303. The van der Waals surface area contributed by atoms with Crippen LogP contribution in [0.25, 0.3) is 0 Å². The van der Waals surface area contributed by atoms with Gasteiger partial charge < -0.3 is 15.2 Å². The van der Waals surface area contributed by atoms with Crippen molar-refractivity contribution >= 4 is 17.7 Å². The summed E-state index contributed by atoms with van der Waals surface area (Å²) >= 11 is 0. The van der Waals surface area contributed by atoms with E-state index in [1.807, 2.05) is 0 Å². The van der Waals surface area contributed by atoms with Crippen LogP contribution in [0.2, 0.25) is 0 Å². The molecular formula is C21H22F3N3O4. The highest BCUT2D eigenvalue weighted by molar-refractivity contribution is 5.98. The first-order chi connectivity index (χ1) is 14.5. The van der Waals surface area contributed by atoms with Crippen LogP contribution in [0.4, 0.5) is 19.0 Å². The molecular weight excluding hydrogens is 415 g/mol. The summed E-state index contributed by atoms with van der Waals surface area (Å²) in [5, 5.41) is 0. The molecule has 0 saturated heterocycles. The third-order valence-electron chi connectivity index (χ3n) is 4.93. The smallest absolute Gasteiger partial charge is 0.466 e. The minimum absolute atomic E-state index is 0.0703. The first-order valence-electron chi connectivity index (χ1n) is 9.63. The molecule has 3 atom stereocenters. The van der Waals surface area contributed by atoms with Crippen LogP contribution in [0.5, 0.6) is 0 Å². The highest BCUT2D eigenvalue weighted by atomic mass is 19.4. The van der Waals surface area contributed by atoms with Gasteiger partial charge >= 0.3 is 12.3 Å². The monoisotopic (exact) mass is 437 g/mol. The van der Waals surface area contributed by atoms with E-state index in [1.54, 1.807) is 32.0 Å². The Balaban J connectivity index is 1.92. The van der Waals surface area contributed by atoms with Gasteiger partial charge in [0.1, 0.15) is 17.3 Å². The molecule has 2 N–H and O–H groups in total. The maximum atomic E-state index is 12.5. The number of esters is 1. The molecule has 1 aromatic rings. The molecule has 7 nitrogen and oxygen atoms in total. The number of allylic oxidation sites excluding steroid dienone is 2. The van der Waals surface area contributed by atoms with E-state index in [0.717, 1.165) is 6.08 Å². The van der Waals surface area contributed by atoms with Crippen molar-refractivity contribution in [2.45, 2.75) is 32.5 Å². The van der Waals surface area contributed by atoms with Crippen LogP contribution in [-0.2, 0) is 19.1 Å². The Bertz CT molecular complexity index is 971. The van der Waals surface area contributed by atoms with Gasteiger partial charge in [0.2, 0.25) is 0 Å². The zero-order chi connectivity index (χ0) is 22.9. The van der Waals surface area contributed by atoms with E-state index in [0.29, 0.717) is 17.8 Å². The van der Waals surface area contributed by atoms with Gasteiger partial charge in [-0.3, -0.25) is 14.5 Å². The lowest BCUT2D eigenvalue weighted by Gasteiger charge is -2.24. The highest BCUT2D eigenvalue weighted by Crippen LogP contribution is 2.48. The Labute approximate surface area is 177 Å². The Kier molecular flexibility index (Phi) is 6.10. The molecule has 1 aliphatic heterocycles. The second kappa shape index (κ2) is 8.44. The minimum Gasteiger partial charge on any atom is -0.466 e. The highest BCUT2D eigenvalue weighted by Gasteiger charge is 2.46. The number of primary amides is 1. The number of amides is 1. The third kappa shape index (κ3) is 5.07. The fourth-order valence-corrected chi connectivity index (χ4v) is 3.53. The number of pyridine rings is 1. The third-order valence-corrected chi connectivity index (χ3v) is 4.93. The number of rotatable bonds is 7. The fraction of sp³-hybridized carbons (Fsp3) is 0.381. The molecule has 0 spiro atoms. The number of halogens is 3. The largest absolute Gasteiger partial charge is 0.573 e. The molecule has 10 heteroatoms. The number of anilines is 1. The summed E-state index contributed by atoms with van der Waals surface area (Å²) in [5.41, 5.74) is 6.47. The Morgan fingerprint density at radius 1 is 1.39 bits per heavy atom. The molecule has 2 heterocycles. The van der Waals surface area contributed by atoms with Crippen LogP contribution in [0.3, 0.4) is 0 Å². The van der Waals surface area contributed by atoms with E-state index in [4.69, 9.17) is 10.5 Å². The van der Waals surface area contributed by atoms with Gasteiger partial charge in [-0.2, -0.15) is 0 Å². The molecule has 2 aliphatic rings. The van der Waals surface area contributed by atoms with Crippen LogP contribution in [0.1, 0.15) is 31.9 Å². The van der Waals surface area contributed by atoms with Crippen molar-refractivity contribution in [2.75, 3.05) is 11.5 Å². The molecule has 0 bridgehead atoms. The fourth-order valence-electron chi connectivity index (χ4n) is 3.53. The Morgan fingerprint density at radius 2 is 2.10 bits per heavy atom. The summed E-state index contributed by atoms with van der Waals surface area (Å²) in [6.07, 6.45) is -1.68. The molecule has 3 rings (SSSR count). The number of nitrogens with zero attached hydrogens (tertiary/aromatic N) is 2. The van der Waals surface area contributed by atoms with Crippen molar-refractivity contribution < 1.29 is 32.2 Å². The minimum atomic E-state index is -4.90. The Hall–Kier alpha value is -3.30. The van der Waals surface area contributed by atoms with Crippen molar-refractivity contribution in [3.63, 3.8) is 0 Å². The molecule has 166 valence electrons.